The van der Waals surface area contributed by atoms with Gasteiger partial charge in [0.25, 0.3) is 5.91 Å². The predicted octanol–water partition coefficient (Wildman–Crippen LogP) is 5.19. The van der Waals surface area contributed by atoms with Crippen LogP contribution in [-0.2, 0) is 17.8 Å². The van der Waals surface area contributed by atoms with Crippen LogP contribution in [-0.4, -0.2) is 12.5 Å². The fourth-order valence-corrected chi connectivity index (χ4v) is 2.83. The highest BCUT2D eigenvalue weighted by molar-refractivity contribution is 5.91. The van der Waals surface area contributed by atoms with Crippen LogP contribution >= 0.6 is 0 Å². The summed E-state index contributed by atoms with van der Waals surface area (Å²) in [4.78, 5) is 12.0. The van der Waals surface area contributed by atoms with Crippen molar-refractivity contribution in [2.75, 3.05) is 17.2 Å². The zero-order chi connectivity index (χ0) is 19.8. The number of carbonyl (C=O) groups is 1. The van der Waals surface area contributed by atoms with Gasteiger partial charge in [-0.25, -0.2) is 0 Å². The maximum atomic E-state index is 12.0. The summed E-state index contributed by atoms with van der Waals surface area (Å²) in [5.41, 5.74) is 5.46. The quantitative estimate of drug-likeness (QED) is 0.571. The zero-order valence-electron chi connectivity index (χ0n) is 16.4. The first kappa shape index (κ1) is 19.5. The predicted molar refractivity (Wildman–Crippen MR) is 115 cm³/mol. The van der Waals surface area contributed by atoms with Gasteiger partial charge in [-0.05, 0) is 66.4 Å². The van der Waals surface area contributed by atoms with Crippen LogP contribution in [0.25, 0.3) is 0 Å². The first-order valence-electron chi connectivity index (χ1n) is 9.53. The molecule has 4 heteroatoms. The second-order valence-electron chi connectivity index (χ2n) is 6.75. The Morgan fingerprint density at radius 3 is 2.29 bits per heavy atom. The topological polar surface area (TPSA) is 50.4 Å². The van der Waals surface area contributed by atoms with Crippen molar-refractivity contribution in [2.24, 2.45) is 0 Å². The minimum atomic E-state index is -0.174. The van der Waals surface area contributed by atoms with Gasteiger partial charge < -0.3 is 15.4 Å². The molecule has 0 saturated heterocycles. The molecule has 0 heterocycles. The van der Waals surface area contributed by atoms with Crippen molar-refractivity contribution < 1.29 is 9.53 Å². The van der Waals surface area contributed by atoms with Gasteiger partial charge in [0.1, 0.15) is 5.75 Å². The number of rotatable bonds is 8. The molecule has 0 aliphatic carbocycles. The van der Waals surface area contributed by atoms with E-state index < -0.39 is 0 Å². The van der Waals surface area contributed by atoms with E-state index in [1.54, 1.807) is 0 Å². The molecular formula is C24H26N2O2. The summed E-state index contributed by atoms with van der Waals surface area (Å²) in [5.74, 6) is 0.502. The molecule has 0 bridgehead atoms. The van der Waals surface area contributed by atoms with Gasteiger partial charge in [0.05, 0.1) is 0 Å². The molecule has 3 aromatic rings. The number of amides is 1. The van der Waals surface area contributed by atoms with Crippen molar-refractivity contribution in [2.45, 2.75) is 26.8 Å². The molecule has 4 nitrogen and oxygen atoms in total. The summed E-state index contributed by atoms with van der Waals surface area (Å²) in [6, 6.07) is 23.9. The van der Waals surface area contributed by atoms with E-state index in [1.807, 2.05) is 55.5 Å². The Morgan fingerprint density at radius 2 is 1.61 bits per heavy atom. The summed E-state index contributed by atoms with van der Waals surface area (Å²) in [6.07, 6.45) is 1.05. The van der Waals surface area contributed by atoms with Gasteiger partial charge in [-0.3, -0.25) is 4.79 Å². The van der Waals surface area contributed by atoms with Crippen molar-refractivity contribution in [3.63, 3.8) is 0 Å². The molecule has 144 valence electrons. The molecule has 0 atom stereocenters. The summed E-state index contributed by atoms with van der Waals surface area (Å²) >= 11 is 0. The van der Waals surface area contributed by atoms with Gasteiger partial charge in [0.15, 0.2) is 6.61 Å². The Labute approximate surface area is 166 Å². The molecule has 0 aliphatic rings. The molecule has 3 aromatic carbocycles. The largest absolute Gasteiger partial charge is 0.484 e. The van der Waals surface area contributed by atoms with Gasteiger partial charge in [-0.2, -0.15) is 0 Å². The Morgan fingerprint density at radius 1 is 0.893 bits per heavy atom. The van der Waals surface area contributed by atoms with Crippen LogP contribution in [0.15, 0.2) is 72.8 Å². The molecule has 28 heavy (non-hydrogen) atoms. The number of nitrogens with one attached hydrogen (secondary N) is 2. The second-order valence-corrected chi connectivity index (χ2v) is 6.75. The summed E-state index contributed by atoms with van der Waals surface area (Å²) in [6.45, 7) is 4.86. The second kappa shape index (κ2) is 9.60. The lowest BCUT2D eigenvalue weighted by molar-refractivity contribution is -0.118. The Kier molecular flexibility index (Phi) is 6.68. The van der Waals surface area contributed by atoms with E-state index in [0.29, 0.717) is 5.75 Å². The van der Waals surface area contributed by atoms with E-state index in [1.165, 1.54) is 5.56 Å². The van der Waals surface area contributed by atoms with E-state index in [2.05, 4.69) is 41.8 Å². The van der Waals surface area contributed by atoms with Crippen LogP contribution in [0.2, 0.25) is 0 Å². The van der Waals surface area contributed by atoms with Crippen molar-refractivity contribution >= 4 is 17.3 Å². The van der Waals surface area contributed by atoms with E-state index in [-0.39, 0.29) is 12.5 Å². The Hall–Kier alpha value is -3.27. The van der Waals surface area contributed by atoms with Crippen LogP contribution in [0.3, 0.4) is 0 Å². The number of aryl methyl sites for hydroxylation is 2. The van der Waals surface area contributed by atoms with Gasteiger partial charge in [0.2, 0.25) is 0 Å². The average Bonchev–Trinajstić information content (AvgIpc) is 2.72. The third kappa shape index (κ3) is 5.88. The minimum absolute atomic E-state index is 0.0185. The van der Waals surface area contributed by atoms with E-state index >= 15 is 0 Å². The highest BCUT2D eigenvalue weighted by Gasteiger charge is 2.04. The fourth-order valence-electron chi connectivity index (χ4n) is 2.83. The first-order chi connectivity index (χ1) is 13.6. The lowest BCUT2D eigenvalue weighted by atomic mass is 10.1. The third-order valence-electron chi connectivity index (χ3n) is 4.45. The molecule has 3 rings (SSSR count). The zero-order valence-corrected chi connectivity index (χ0v) is 16.4. The van der Waals surface area contributed by atoms with Crippen molar-refractivity contribution in [1.29, 1.82) is 0 Å². The average molecular weight is 374 g/mol. The van der Waals surface area contributed by atoms with Crippen LogP contribution in [0.5, 0.6) is 5.75 Å². The van der Waals surface area contributed by atoms with Crippen LogP contribution < -0.4 is 15.4 Å². The van der Waals surface area contributed by atoms with Crippen LogP contribution in [0.1, 0.15) is 23.6 Å². The molecule has 2 N–H and O–H groups in total. The van der Waals surface area contributed by atoms with E-state index in [4.69, 9.17) is 4.74 Å². The number of carbonyl (C=O) groups excluding carboxylic acids is 1. The summed E-state index contributed by atoms with van der Waals surface area (Å²) in [7, 11) is 0. The number of hydrogen-bond acceptors (Lipinski definition) is 3. The highest BCUT2D eigenvalue weighted by atomic mass is 16.5. The maximum Gasteiger partial charge on any atom is 0.262 e. The molecular weight excluding hydrogens is 348 g/mol. The normalized spacial score (nSPS) is 10.4. The van der Waals surface area contributed by atoms with Crippen LogP contribution in [0.4, 0.5) is 11.4 Å². The van der Waals surface area contributed by atoms with Crippen molar-refractivity contribution in [3.8, 4) is 5.75 Å². The summed E-state index contributed by atoms with van der Waals surface area (Å²) < 4.78 is 5.58. The van der Waals surface area contributed by atoms with Gasteiger partial charge in [0, 0.05) is 17.9 Å². The smallest absolute Gasteiger partial charge is 0.262 e. The molecule has 0 saturated carbocycles. The number of anilines is 2. The molecule has 0 aliphatic heterocycles. The molecule has 0 radical (unpaired) electrons. The van der Waals surface area contributed by atoms with Crippen LogP contribution in [0, 0.1) is 6.92 Å². The minimum Gasteiger partial charge on any atom is -0.484 e. The molecule has 0 spiro atoms. The number of hydrogen-bond donors (Lipinski definition) is 2. The van der Waals surface area contributed by atoms with E-state index in [9.17, 15) is 4.79 Å². The molecule has 0 fully saturated rings. The molecule has 0 aromatic heterocycles. The Balaban J connectivity index is 1.45. The summed E-state index contributed by atoms with van der Waals surface area (Å²) in [5, 5.41) is 6.25. The Bertz CT molecular complexity index is 903. The lowest BCUT2D eigenvalue weighted by Gasteiger charge is -2.10. The van der Waals surface area contributed by atoms with Crippen molar-refractivity contribution in [3.05, 3.63) is 89.5 Å². The molecule has 0 unspecified atom stereocenters. The van der Waals surface area contributed by atoms with Gasteiger partial charge >= 0.3 is 0 Å². The fraction of sp³-hybridized carbons (Fsp3) is 0.208. The standard InChI is InChI=1S/C24H26N2O2/c1-3-19-7-11-21(12-8-19)25-16-20-9-13-23(14-10-20)28-17-24(27)26-22-6-4-5-18(2)15-22/h4-15,25H,3,16-17H2,1-2H3,(H,26,27). The molecule has 1 amide bonds. The SMILES string of the molecule is CCc1ccc(NCc2ccc(OCC(=O)Nc3cccc(C)c3)cc2)cc1. The van der Waals surface area contributed by atoms with Gasteiger partial charge in [-0.1, -0.05) is 43.3 Å². The van der Waals surface area contributed by atoms with Gasteiger partial charge in [-0.15, -0.1) is 0 Å². The van der Waals surface area contributed by atoms with E-state index in [0.717, 1.165) is 35.5 Å². The lowest BCUT2D eigenvalue weighted by Crippen LogP contribution is -2.20. The number of ether oxygens (including phenoxy) is 1. The first-order valence-corrected chi connectivity index (χ1v) is 9.53. The number of benzene rings is 3. The highest BCUT2D eigenvalue weighted by Crippen LogP contribution is 2.15. The maximum absolute atomic E-state index is 12.0. The van der Waals surface area contributed by atoms with Crippen molar-refractivity contribution in [1.82, 2.24) is 0 Å². The third-order valence-corrected chi connectivity index (χ3v) is 4.45. The monoisotopic (exact) mass is 374 g/mol.